The first-order valence-electron chi connectivity index (χ1n) is 6.57. The van der Waals surface area contributed by atoms with Gasteiger partial charge in [0, 0.05) is 12.1 Å². The Morgan fingerprint density at radius 1 is 1.40 bits per heavy atom. The number of benzene rings is 1. The molecular formula is C16H21NO3. The number of hydrogen-bond acceptors (Lipinski definition) is 3. The van der Waals surface area contributed by atoms with Gasteiger partial charge in [0.2, 0.25) is 0 Å². The van der Waals surface area contributed by atoms with Gasteiger partial charge in [0.05, 0.1) is 6.61 Å². The molecule has 0 saturated heterocycles. The van der Waals surface area contributed by atoms with Gasteiger partial charge < -0.3 is 14.8 Å². The van der Waals surface area contributed by atoms with Gasteiger partial charge in [0.1, 0.15) is 11.4 Å². The highest BCUT2D eigenvalue weighted by Gasteiger charge is 2.15. The maximum atomic E-state index is 11.4. The van der Waals surface area contributed by atoms with Crippen molar-refractivity contribution in [1.82, 2.24) is 5.32 Å². The monoisotopic (exact) mass is 275 g/mol. The Morgan fingerprint density at radius 3 is 2.80 bits per heavy atom. The summed E-state index contributed by atoms with van der Waals surface area (Å²) in [7, 11) is 0. The number of carbonyl (C=O) groups is 1. The van der Waals surface area contributed by atoms with E-state index in [0.29, 0.717) is 19.6 Å². The van der Waals surface area contributed by atoms with E-state index >= 15 is 0 Å². The summed E-state index contributed by atoms with van der Waals surface area (Å²) < 4.78 is 10.7. The van der Waals surface area contributed by atoms with Gasteiger partial charge in [-0.05, 0) is 45.4 Å². The van der Waals surface area contributed by atoms with Crippen molar-refractivity contribution < 1.29 is 14.3 Å². The van der Waals surface area contributed by atoms with Crippen molar-refractivity contribution in [2.75, 3.05) is 13.2 Å². The maximum absolute atomic E-state index is 11.4. The van der Waals surface area contributed by atoms with Crippen molar-refractivity contribution in [2.24, 2.45) is 0 Å². The first-order chi connectivity index (χ1) is 9.40. The molecule has 0 aliphatic heterocycles. The molecule has 1 aromatic carbocycles. The summed E-state index contributed by atoms with van der Waals surface area (Å²) in [5.41, 5.74) is 0.311. The summed E-state index contributed by atoms with van der Waals surface area (Å²) in [4.78, 5) is 11.4. The largest absolute Gasteiger partial charge is 0.493 e. The molecule has 0 aliphatic carbocycles. The molecule has 0 unspecified atom stereocenters. The summed E-state index contributed by atoms with van der Waals surface area (Å²) in [5.74, 6) is 3.29. The van der Waals surface area contributed by atoms with E-state index in [1.807, 2.05) is 39.0 Å². The van der Waals surface area contributed by atoms with Crippen LogP contribution in [0.2, 0.25) is 0 Å². The first-order valence-corrected chi connectivity index (χ1v) is 6.57. The summed E-state index contributed by atoms with van der Waals surface area (Å²) in [6, 6.07) is 7.35. The smallest absolute Gasteiger partial charge is 0.407 e. The maximum Gasteiger partial charge on any atom is 0.407 e. The summed E-state index contributed by atoms with van der Waals surface area (Å²) in [5, 5.41) is 2.67. The second kappa shape index (κ2) is 7.44. The van der Waals surface area contributed by atoms with Gasteiger partial charge in [-0.25, -0.2) is 4.79 Å². The van der Waals surface area contributed by atoms with E-state index in [9.17, 15) is 4.79 Å². The molecule has 1 amide bonds. The second-order valence-electron chi connectivity index (χ2n) is 5.30. The molecule has 0 radical (unpaired) electrons. The normalized spacial score (nSPS) is 10.5. The molecule has 1 aromatic rings. The van der Waals surface area contributed by atoms with Crippen molar-refractivity contribution in [1.29, 1.82) is 0 Å². The number of hydrogen-bond donors (Lipinski definition) is 1. The molecule has 4 heteroatoms. The van der Waals surface area contributed by atoms with E-state index in [-0.39, 0.29) is 0 Å². The molecule has 0 aromatic heterocycles. The Kier molecular flexibility index (Phi) is 5.92. The minimum Gasteiger partial charge on any atom is -0.493 e. The number of carbonyl (C=O) groups excluding carboxylic acids is 1. The van der Waals surface area contributed by atoms with Crippen LogP contribution in [0.1, 0.15) is 32.8 Å². The fourth-order valence-corrected chi connectivity index (χ4v) is 1.44. The van der Waals surface area contributed by atoms with Crippen molar-refractivity contribution in [3.05, 3.63) is 29.8 Å². The minimum atomic E-state index is -0.476. The molecule has 0 bridgehead atoms. The molecule has 20 heavy (non-hydrogen) atoms. The fraction of sp³-hybridized carbons (Fsp3) is 0.438. The molecule has 1 rings (SSSR count). The zero-order chi connectivity index (χ0) is 15.0. The number of ether oxygens (including phenoxy) is 2. The van der Waals surface area contributed by atoms with Gasteiger partial charge >= 0.3 is 6.09 Å². The van der Waals surface area contributed by atoms with Gasteiger partial charge in [0.15, 0.2) is 0 Å². The van der Waals surface area contributed by atoms with Crippen LogP contribution in [0.3, 0.4) is 0 Å². The average Bonchev–Trinajstić information content (AvgIpc) is 2.36. The van der Waals surface area contributed by atoms with Crippen molar-refractivity contribution >= 4 is 6.09 Å². The van der Waals surface area contributed by atoms with Crippen LogP contribution in [0.4, 0.5) is 4.79 Å². The lowest BCUT2D eigenvalue weighted by atomic mass is 10.2. The number of terminal acetylenes is 1. The van der Waals surface area contributed by atoms with Crippen LogP contribution in [0.5, 0.6) is 5.75 Å². The topological polar surface area (TPSA) is 47.6 Å². The summed E-state index contributed by atoms with van der Waals surface area (Å²) >= 11 is 0. The van der Waals surface area contributed by atoms with Crippen LogP contribution in [0.25, 0.3) is 0 Å². The van der Waals surface area contributed by atoms with Gasteiger partial charge in [-0.1, -0.05) is 12.0 Å². The number of alkyl carbamates (subject to hydrolysis) is 1. The van der Waals surface area contributed by atoms with E-state index in [2.05, 4.69) is 11.2 Å². The van der Waals surface area contributed by atoms with Gasteiger partial charge in [-0.15, -0.1) is 6.42 Å². The van der Waals surface area contributed by atoms with Gasteiger partial charge in [-0.2, -0.15) is 0 Å². The molecule has 0 aliphatic rings. The quantitative estimate of drug-likeness (QED) is 0.664. The third-order valence-corrected chi connectivity index (χ3v) is 2.26. The third-order valence-electron chi connectivity index (χ3n) is 2.26. The average molecular weight is 275 g/mol. The lowest BCUT2D eigenvalue weighted by Gasteiger charge is -2.19. The minimum absolute atomic E-state index is 0.410. The van der Waals surface area contributed by atoms with Crippen LogP contribution < -0.4 is 10.1 Å². The van der Waals surface area contributed by atoms with E-state index in [1.165, 1.54) is 0 Å². The predicted octanol–water partition coefficient (Wildman–Crippen LogP) is 2.96. The van der Waals surface area contributed by atoms with Crippen LogP contribution in [0, 0.1) is 12.3 Å². The highest BCUT2D eigenvalue weighted by molar-refractivity contribution is 5.67. The van der Waals surface area contributed by atoms with E-state index in [1.54, 1.807) is 6.07 Å². The van der Waals surface area contributed by atoms with Crippen molar-refractivity contribution in [3.63, 3.8) is 0 Å². The van der Waals surface area contributed by atoms with Crippen LogP contribution in [-0.4, -0.2) is 24.8 Å². The number of amides is 1. The Bertz CT molecular complexity index is 483. The zero-order valence-electron chi connectivity index (χ0n) is 12.2. The molecule has 4 nitrogen and oxygen atoms in total. The highest BCUT2D eigenvalue weighted by Crippen LogP contribution is 2.12. The molecule has 0 heterocycles. The van der Waals surface area contributed by atoms with E-state index in [4.69, 9.17) is 15.9 Å². The lowest BCUT2D eigenvalue weighted by molar-refractivity contribution is 0.0525. The Labute approximate surface area is 120 Å². The molecule has 1 N–H and O–H groups in total. The van der Waals surface area contributed by atoms with E-state index < -0.39 is 11.7 Å². The highest BCUT2D eigenvalue weighted by atomic mass is 16.6. The SMILES string of the molecule is C#Cc1cccc(OCCCNC(=O)OC(C)(C)C)c1. The Morgan fingerprint density at radius 2 is 2.15 bits per heavy atom. The zero-order valence-corrected chi connectivity index (χ0v) is 12.2. The van der Waals surface area contributed by atoms with Crippen LogP contribution in [-0.2, 0) is 4.74 Å². The third kappa shape index (κ3) is 6.69. The Hall–Kier alpha value is -2.15. The predicted molar refractivity (Wildman–Crippen MR) is 78.7 cm³/mol. The molecule has 0 atom stereocenters. The Balaban J connectivity index is 2.19. The number of rotatable bonds is 5. The second-order valence-corrected chi connectivity index (χ2v) is 5.30. The van der Waals surface area contributed by atoms with E-state index in [0.717, 1.165) is 11.3 Å². The molecular weight excluding hydrogens is 254 g/mol. The van der Waals surface area contributed by atoms with Gasteiger partial charge in [-0.3, -0.25) is 0 Å². The standard InChI is InChI=1S/C16H21NO3/c1-5-13-8-6-9-14(12-13)19-11-7-10-17-15(18)20-16(2,3)4/h1,6,8-9,12H,7,10-11H2,2-4H3,(H,17,18). The van der Waals surface area contributed by atoms with Crippen LogP contribution in [0.15, 0.2) is 24.3 Å². The summed E-state index contributed by atoms with van der Waals surface area (Å²) in [6.45, 7) is 6.49. The molecule has 0 fully saturated rings. The molecule has 108 valence electrons. The van der Waals surface area contributed by atoms with Crippen molar-refractivity contribution in [3.8, 4) is 18.1 Å². The fourth-order valence-electron chi connectivity index (χ4n) is 1.44. The summed E-state index contributed by atoms with van der Waals surface area (Å²) in [6.07, 6.45) is 5.60. The molecule has 0 saturated carbocycles. The first kappa shape index (κ1) is 15.9. The van der Waals surface area contributed by atoms with Crippen LogP contribution >= 0.6 is 0 Å². The molecule has 0 spiro atoms. The van der Waals surface area contributed by atoms with Crippen molar-refractivity contribution in [2.45, 2.75) is 32.8 Å². The number of nitrogens with one attached hydrogen (secondary N) is 1. The lowest BCUT2D eigenvalue weighted by Crippen LogP contribution is -2.33. The van der Waals surface area contributed by atoms with Gasteiger partial charge in [0.25, 0.3) is 0 Å².